The number of aromatic nitrogens is 1. The SMILES string of the molecule is CCONC(=O)c1cc2cc(OC)cc(OC)c2[nH]1. The molecule has 102 valence electrons. The maximum absolute atomic E-state index is 11.8. The van der Waals surface area contributed by atoms with Crippen molar-refractivity contribution in [1.29, 1.82) is 0 Å². The van der Waals surface area contributed by atoms with Gasteiger partial charge in [0.2, 0.25) is 0 Å². The molecule has 1 amide bonds. The predicted octanol–water partition coefficient (Wildman–Crippen LogP) is 1.87. The second-order valence-electron chi connectivity index (χ2n) is 3.84. The van der Waals surface area contributed by atoms with Gasteiger partial charge in [0.25, 0.3) is 5.91 Å². The molecular formula is C13H16N2O4. The molecular weight excluding hydrogens is 248 g/mol. The van der Waals surface area contributed by atoms with Crippen LogP contribution in [-0.4, -0.2) is 31.7 Å². The molecule has 6 nitrogen and oxygen atoms in total. The van der Waals surface area contributed by atoms with Crippen molar-refractivity contribution < 1.29 is 19.1 Å². The highest BCUT2D eigenvalue weighted by Crippen LogP contribution is 2.31. The van der Waals surface area contributed by atoms with Crippen LogP contribution < -0.4 is 15.0 Å². The minimum Gasteiger partial charge on any atom is -0.497 e. The number of hydrogen-bond acceptors (Lipinski definition) is 4. The molecule has 0 unspecified atom stereocenters. The van der Waals surface area contributed by atoms with Crippen LogP contribution in [-0.2, 0) is 4.84 Å². The van der Waals surface area contributed by atoms with Gasteiger partial charge in [0, 0.05) is 11.5 Å². The monoisotopic (exact) mass is 264 g/mol. The van der Waals surface area contributed by atoms with Gasteiger partial charge in [-0.25, -0.2) is 5.48 Å². The number of rotatable bonds is 5. The number of hydrogen-bond donors (Lipinski definition) is 2. The van der Waals surface area contributed by atoms with Gasteiger partial charge in [-0.15, -0.1) is 0 Å². The van der Waals surface area contributed by atoms with Gasteiger partial charge in [0.05, 0.1) is 26.3 Å². The fourth-order valence-corrected chi connectivity index (χ4v) is 1.78. The van der Waals surface area contributed by atoms with Crippen LogP contribution >= 0.6 is 0 Å². The predicted molar refractivity (Wildman–Crippen MR) is 70.5 cm³/mol. The molecule has 0 atom stereocenters. The third-order valence-corrected chi connectivity index (χ3v) is 2.68. The first-order valence-corrected chi connectivity index (χ1v) is 5.86. The summed E-state index contributed by atoms with van der Waals surface area (Å²) in [7, 11) is 3.14. The number of carbonyl (C=O) groups is 1. The van der Waals surface area contributed by atoms with Gasteiger partial charge < -0.3 is 14.5 Å². The number of methoxy groups -OCH3 is 2. The molecule has 1 aromatic heterocycles. The van der Waals surface area contributed by atoms with Crippen molar-refractivity contribution in [3.63, 3.8) is 0 Å². The molecule has 0 radical (unpaired) electrons. The van der Waals surface area contributed by atoms with Gasteiger partial charge in [0.1, 0.15) is 17.2 Å². The molecule has 0 aliphatic carbocycles. The Kier molecular flexibility index (Phi) is 3.91. The van der Waals surface area contributed by atoms with Crippen LogP contribution in [0.5, 0.6) is 11.5 Å². The average Bonchev–Trinajstić information content (AvgIpc) is 2.87. The van der Waals surface area contributed by atoms with E-state index in [-0.39, 0.29) is 5.91 Å². The van der Waals surface area contributed by atoms with Crippen LogP contribution in [0.3, 0.4) is 0 Å². The molecule has 0 bridgehead atoms. The summed E-state index contributed by atoms with van der Waals surface area (Å²) in [5, 5.41) is 0.831. The van der Waals surface area contributed by atoms with Crippen LogP contribution in [0.4, 0.5) is 0 Å². The largest absolute Gasteiger partial charge is 0.497 e. The zero-order chi connectivity index (χ0) is 13.8. The number of carbonyl (C=O) groups excluding carboxylic acids is 1. The molecule has 1 heterocycles. The van der Waals surface area contributed by atoms with Crippen molar-refractivity contribution in [2.45, 2.75) is 6.92 Å². The number of nitrogens with one attached hydrogen (secondary N) is 2. The lowest BCUT2D eigenvalue weighted by Crippen LogP contribution is -2.23. The number of ether oxygens (including phenoxy) is 2. The number of benzene rings is 1. The molecule has 0 saturated carbocycles. The van der Waals surface area contributed by atoms with Crippen molar-refractivity contribution in [1.82, 2.24) is 10.5 Å². The molecule has 0 aliphatic heterocycles. The molecule has 0 spiro atoms. The Labute approximate surface area is 110 Å². The molecule has 2 aromatic rings. The Hall–Kier alpha value is -2.21. The third-order valence-electron chi connectivity index (χ3n) is 2.68. The number of aromatic amines is 1. The lowest BCUT2D eigenvalue weighted by molar-refractivity contribution is 0.0360. The third kappa shape index (κ3) is 2.63. The van der Waals surface area contributed by atoms with E-state index in [1.54, 1.807) is 33.3 Å². The van der Waals surface area contributed by atoms with E-state index in [9.17, 15) is 4.79 Å². The highest BCUT2D eigenvalue weighted by Gasteiger charge is 2.13. The lowest BCUT2D eigenvalue weighted by Gasteiger charge is -2.05. The van der Waals surface area contributed by atoms with Crippen molar-refractivity contribution in [3.05, 3.63) is 23.9 Å². The van der Waals surface area contributed by atoms with E-state index in [2.05, 4.69) is 10.5 Å². The van der Waals surface area contributed by atoms with Crippen molar-refractivity contribution in [3.8, 4) is 11.5 Å². The summed E-state index contributed by atoms with van der Waals surface area (Å²) < 4.78 is 10.5. The zero-order valence-electron chi connectivity index (χ0n) is 11.1. The zero-order valence-corrected chi connectivity index (χ0v) is 11.1. The Morgan fingerprint density at radius 3 is 2.68 bits per heavy atom. The maximum atomic E-state index is 11.8. The number of hydroxylamine groups is 1. The lowest BCUT2D eigenvalue weighted by atomic mass is 10.2. The van der Waals surface area contributed by atoms with Gasteiger partial charge in [0.15, 0.2) is 0 Å². The number of fused-ring (bicyclic) bond motifs is 1. The highest BCUT2D eigenvalue weighted by molar-refractivity contribution is 5.99. The molecule has 6 heteroatoms. The number of amides is 1. The van der Waals surface area contributed by atoms with Crippen LogP contribution in [0.1, 0.15) is 17.4 Å². The first-order chi connectivity index (χ1) is 9.19. The molecule has 2 rings (SSSR count). The van der Waals surface area contributed by atoms with E-state index < -0.39 is 0 Å². The van der Waals surface area contributed by atoms with Crippen LogP contribution in [0, 0.1) is 0 Å². The summed E-state index contributed by atoms with van der Waals surface area (Å²) in [4.78, 5) is 19.7. The molecule has 1 aromatic carbocycles. The van der Waals surface area contributed by atoms with E-state index >= 15 is 0 Å². The molecule has 0 fully saturated rings. The summed E-state index contributed by atoms with van der Waals surface area (Å²) in [6.07, 6.45) is 0. The number of H-pyrrole nitrogens is 1. The summed E-state index contributed by atoms with van der Waals surface area (Å²) in [6, 6.07) is 5.30. The van der Waals surface area contributed by atoms with Crippen LogP contribution in [0.15, 0.2) is 18.2 Å². The van der Waals surface area contributed by atoms with Gasteiger partial charge in [-0.05, 0) is 19.1 Å². The molecule has 0 saturated heterocycles. The average molecular weight is 264 g/mol. The first-order valence-electron chi connectivity index (χ1n) is 5.86. The Morgan fingerprint density at radius 2 is 2.05 bits per heavy atom. The fourth-order valence-electron chi connectivity index (χ4n) is 1.78. The quantitative estimate of drug-likeness (QED) is 0.809. The van der Waals surface area contributed by atoms with Gasteiger partial charge in [-0.2, -0.15) is 0 Å². The van der Waals surface area contributed by atoms with Crippen LogP contribution in [0.2, 0.25) is 0 Å². The Bertz CT molecular complexity index is 592. The van der Waals surface area contributed by atoms with E-state index in [0.29, 0.717) is 23.8 Å². The minimum absolute atomic E-state index is 0.334. The van der Waals surface area contributed by atoms with Crippen molar-refractivity contribution in [2.24, 2.45) is 0 Å². The van der Waals surface area contributed by atoms with E-state index in [0.717, 1.165) is 10.9 Å². The van der Waals surface area contributed by atoms with E-state index in [1.165, 1.54) is 0 Å². The van der Waals surface area contributed by atoms with Crippen molar-refractivity contribution >= 4 is 16.8 Å². The Balaban J connectivity index is 2.41. The Morgan fingerprint density at radius 1 is 1.26 bits per heavy atom. The van der Waals surface area contributed by atoms with Gasteiger partial charge in [-0.3, -0.25) is 9.63 Å². The van der Waals surface area contributed by atoms with Gasteiger partial charge >= 0.3 is 0 Å². The molecule has 0 aliphatic rings. The first kappa shape index (κ1) is 13.2. The summed E-state index contributed by atoms with van der Waals surface area (Å²) >= 11 is 0. The summed E-state index contributed by atoms with van der Waals surface area (Å²) in [6.45, 7) is 2.20. The fraction of sp³-hybridized carbons (Fsp3) is 0.308. The van der Waals surface area contributed by atoms with E-state index in [4.69, 9.17) is 14.3 Å². The highest BCUT2D eigenvalue weighted by atomic mass is 16.6. The van der Waals surface area contributed by atoms with E-state index in [1.807, 2.05) is 6.07 Å². The van der Waals surface area contributed by atoms with Gasteiger partial charge in [-0.1, -0.05) is 0 Å². The topological polar surface area (TPSA) is 72.6 Å². The standard InChI is InChI=1S/C13H16N2O4/c1-4-19-15-13(16)10-6-8-5-9(17-2)7-11(18-3)12(8)14-10/h5-7,14H,4H2,1-3H3,(H,15,16). The normalized spacial score (nSPS) is 10.5. The summed E-state index contributed by atoms with van der Waals surface area (Å²) in [5.74, 6) is 0.948. The molecule has 19 heavy (non-hydrogen) atoms. The smallest absolute Gasteiger partial charge is 0.291 e. The van der Waals surface area contributed by atoms with Crippen molar-refractivity contribution in [2.75, 3.05) is 20.8 Å². The second-order valence-corrected chi connectivity index (χ2v) is 3.84. The van der Waals surface area contributed by atoms with Crippen LogP contribution in [0.25, 0.3) is 10.9 Å². The maximum Gasteiger partial charge on any atom is 0.291 e. The second kappa shape index (κ2) is 5.62. The summed E-state index contributed by atoms with van der Waals surface area (Å²) in [5.41, 5.74) is 3.47. The molecule has 2 N–H and O–H groups in total. The minimum atomic E-state index is -0.334.